The summed E-state index contributed by atoms with van der Waals surface area (Å²) in [5, 5.41) is 18.2. The summed E-state index contributed by atoms with van der Waals surface area (Å²) in [4.78, 5) is 23.3. The van der Waals surface area contributed by atoms with Crippen molar-refractivity contribution in [3.63, 3.8) is 0 Å². The summed E-state index contributed by atoms with van der Waals surface area (Å²) in [6.07, 6.45) is -1.01. The molecule has 0 bridgehead atoms. The molecule has 5 nitrogen and oxygen atoms in total. The normalized spacial score (nSPS) is 22.6. The molecule has 7 heteroatoms. The van der Waals surface area contributed by atoms with Crippen LogP contribution < -0.4 is 0 Å². The number of halogens is 2. The second kappa shape index (κ2) is 5.44. The second-order valence-corrected chi connectivity index (χ2v) is 4.74. The van der Waals surface area contributed by atoms with Gasteiger partial charge in [0.25, 0.3) is 0 Å². The summed E-state index contributed by atoms with van der Waals surface area (Å²) in [7, 11) is 0. The molecular formula is C13H13F2NO4. The van der Waals surface area contributed by atoms with Crippen LogP contribution in [0.5, 0.6) is 0 Å². The third-order valence-electron chi connectivity index (χ3n) is 3.57. The molecule has 0 aromatic heterocycles. The Morgan fingerprint density at radius 2 is 1.90 bits per heavy atom. The predicted octanol–water partition coefficient (Wildman–Crippen LogP) is 2.13. The Hall–Kier alpha value is -2.18. The van der Waals surface area contributed by atoms with Crippen LogP contribution in [0.4, 0.5) is 13.6 Å². The van der Waals surface area contributed by atoms with Crippen LogP contribution in [-0.4, -0.2) is 40.3 Å². The Balaban J connectivity index is 2.33. The SMILES string of the molecule is O=C(O)C1CCN(C(=O)O)CC1c1ccc(F)c(F)c1. The highest BCUT2D eigenvalue weighted by Gasteiger charge is 2.37. The predicted molar refractivity (Wildman–Crippen MR) is 64.4 cm³/mol. The molecule has 2 unspecified atom stereocenters. The quantitative estimate of drug-likeness (QED) is 0.872. The molecule has 1 heterocycles. The fourth-order valence-corrected chi connectivity index (χ4v) is 2.50. The molecule has 2 rings (SSSR count). The first-order valence-corrected chi connectivity index (χ1v) is 6.05. The highest BCUT2D eigenvalue weighted by Crippen LogP contribution is 2.33. The average Bonchev–Trinajstić information content (AvgIpc) is 2.41. The van der Waals surface area contributed by atoms with Crippen molar-refractivity contribution in [1.29, 1.82) is 0 Å². The first kappa shape index (κ1) is 14.2. The molecule has 1 aromatic rings. The van der Waals surface area contributed by atoms with E-state index in [2.05, 4.69) is 0 Å². The lowest BCUT2D eigenvalue weighted by Gasteiger charge is -2.35. The van der Waals surface area contributed by atoms with E-state index >= 15 is 0 Å². The number of benzene rings is 1. The van der Waals surface area contributed by atoms with Gasteiger partial charge in [-0.3, -0.25) is 4.79 Å². The van der Waals surface area contributed by atoms with Crippen molar-refractivity contribution >= 4 is 12.1 Å². The van der Waals surface area contributed by atoms with Gasteiger partial charge in [0.05, 0.1) is 5.92 Å². The van der Waals surface area contributed by atoms with Crippen molar-refractivity contribution in [1.82, 2.24) is 4.90 Å². The number of rotatable bonds is 2. The van der Waals surface area contributed by atoms with Gasteiger partial charge in [-0.05, 0) is 24.1 Å². The summed E-state index contributed by atoms with van der Waals surface area (Å²) < 4.78 is 26.2. The van der Waals surface area contributed by atoms with Crippen molar-refractivity contribution in [2.75, 3.05) is 13.1 Å². The van der Waals surface area contributed by atoms with E-state index in [1.165, 1.54) is 6.07 Å². The van der Waals surface area contributed by atoms with Gasteiger partial charge in [-0.25, -0.2) is 13.6 Å². The number of hydrogen-bond acceptors (Lipinski definition) is 2. The molecule has 2 atom stereocenters. The molecule has 1 amide bonds. The second-order valence-electron chi connectivity index (χ2n) is 4.74. The summed E-state index contributed by atoms with van der Waals surface area (Å²) in [5.41, 5.74) is 0.294. The summed E-state index contributed by atoms with van der Waals surface area (Å²) >= 11 is 0. The minimum absolute atomic E-state index is 0.0443. The fourth-order valence-electron chi connectivity index (χ4n) is 2.50. The molecule has 20 heavy (non-hydrogen) atoms. The van der Waals surface area contributed by atoms with E-state index < -0.39 is 35.5 Å². The first-order chi connectivity index (χ1) is 9.40. The number of nitrogens with zero attached hydrogens (tertiary/aromatic N) is 1. The maximum Gasteiger partial charge on any atom is 0.407 e. The fraction of sp³-hybridized carbons (Fsp3) is 0.385. The number of carboxylic acid groups (broad SMARTS) is 2. The lowest BCUT2D eigenvalue weighted by molar-refractivity contribution is -0.144. The molecule has 1 aliphatic rings. The molecule has 1 aromatic carbocycles. The molecule has 1 saturated heterocycles. The van der Waals surface area contributed by atoms with Crippen LogP contribution in [0, 0.1) is 17.6 Å². The zero-order chi connectivity index (χ0) is 14.9. The minimum Gasteiger partial charge on any atom is -0.481 e. The highest BCUT2D eigenvalue weighted by molar-refractivity contribution is 5.73. The molecular weight excluding hydrogens is 272 g/mol. The van der Waals surface area contributed by atoms with E-state index in [4.69, 9.17) is 5.11 Å². The van der Waals surface area contributed by atoms with Gasteiger partial charge in [0, 0.05) is 19.0 Å². The van der Waals surface area contributed by atoms with E-state index in [9.17, 15) is 23.5 Å². The van der Waals surface area contributed by atoms with E-state index in [-0.39, 0.29) is 19.5 Å². The zero-order valence-corrected chi connectivity index (χ0v) is 10.4. The van der Waals surface area contributed by atoms with Crippen LogP contribution in [0.3, 0.4) is 0 Å². The number of likely N-dealkylation sites (tertiary alicyclic amines) is 1. The standard InChI is InChI=1S/C13H13F2NO4/c14-10-2-1-7(5-11(10)15)9-6-16(13(19)20)4-3-8(9)12(17)18/h1-2,5,8-9H,3-4,6H2,(H,17,18)(H,19,20). The minimum atomic E-state index is -1.15. The van der Waals surface area contributed by atoms with E-state index in [0.29, 0.717) is 5.56 Å². The number of aliphatic carboxylic acids is 1. The monoisotopic (exact) mass is 285 g/mol. The smallest absolute Gasteiger partial charge is 0.407 e. The molecule has 0 spiro atoms. The number of piperidine rings is 1. The maximum atomic E-state index is 13.3. The van der Waals surface area contributed by atoms with Crippen molar-refractivity contribution in [3.05, 3.63) is 35.4 Å². The van der Waals surface area contributed by atoms with Crippen LogP contribution in [0.15, 0.2) is 18.2 Å². The van der Waals surface area contributed by atoms with Gasteiger partial charge in [0.2, 0.25) is 0 Å². The van der Waals surface area contributed by atoms with Crippen molar-refractivity contribution < 1.29 is 28.6 Å². The third-order valence-corrected chi connectivity index (χ3v) is 3.57. The Morgan fingerprint density at radius 1 is 1.20 bits per heavy atom. The summed E-state index contributed by atoms with van der Waals surface area (Å²) in [6, 6.07) is 3.15. The molecule has 1 aliphatic heterocycles. The molecule has 108 valence electrons. The molecule has 0 aliphatic carbocycles. The van der Waals surface area contributed by atoms with Crippen LogP contribution >= 0.6 is 0 Å². The van der Waals surface area contributed by atoms with Crippen LogP contribution in [-0.2, 0) is 4.79 Å². The Morgan fingerprint density at radius 3 is 2.45 bits per heavy atom. The molecule has 0 radical (unpaired) electrons. The zero-order valence-electron chi connectivity index (χ0n) is 10.4. The highest BCUT2D eigenvalue weighted by atomic mass is 19.2. The van der Waals surface area contributed by atoms with Crippen molar-refractivity contribution in [3.8, 4) is 0 Å². The van der Waals surface area contributed by atoms with Crippen LogP contribution in [0.25, 0.3) is 0 Å². The third kappa shape index (κ3) is 2.71. The number of hydrogen-bond donors (Lipinski definition) is 2. The van der Waals surface area contributed by atoms with Gasteiger partial charge < -0.3 is 15.1 Å². The molecule has 2 N–H and O–H groups in total. The largest absolute Gasteiger partial charge is 0.481 e. The van der Waals surface area contributed by atoms with E-state index in [1.54, 1.807) is 0 Å². The molecule has 1 fully saturated rings. The lowest BCUT2D eigenvalue weighted by Crippen LogP contribution is -2.44. The average molecular weight is 285 g/mol. The Labute approximate surface area is 113 Å². The van der Waals surface area contributed by atoms with E-state index in [0.717, 1.165) is 17.0 Å². The number of amides is 1. The first-order valence-electron chi connectivity index (χ1n) is 6.05. The van der Waals surface area contributed by atoms with Gasteiger partial charge >= 0.3 is 12.1 Å². The van der Waals surface area contributed by atoms with Gasteiger partial charge in [0.1, 0.15) is 0 Å². The van der Waals surface area contributed by atoms with Gasteiger partial charge in [-0.2, -0.15) is 0 Å². The summed E-state index contributed by atoms with van der Waals surface area (Å²) in [5.74, 6) is -4.65. The van der Waals surface area contributed by atoms with Crippen LogP contribution in [0.1, 0.15) is 17.9 Å². The number of carbonyl (C=O) groups is 2. The van der Waals surface area contributed by atoms with Gasteiger partial charge in [-0.1, -0.05) is 6.07 Å². The lowest BCUT2D eigenvalue weighted by atomic mass is 9.81. The van der Waals surface area contributed by atoms with Gasteiger partial charge in [0.15, 0.2) is 11.6 Å². The van der Waals surface area contributed by atoms with Gasteiger partial charge in [-0.15, -0.1) is 0 Å². The van der Waals surface area contributed by atoms with Crippen molar-refractivity contribution in [2.45, 2.75) is 12.3 Å². The maximum absolute atomic E-state index is 13.3. The Bertz CT molecular complexity index is 549. The van der Waals surface area contributed by atoms with E-state index in [1.807, 2.05) is 0 Å². The topological polar surface area (TPSA) is 77.8 Å². The molecule has 0 saturated carbocycles. The number of carboxylic acids is 1. The van der Waals surface area contributed by atoms with Crippen LogP contribution in [0.2, 0.25) is 0 Å². The summed E-state index contributed by atoms with van der Waals surface area (Å²) in [6.45, 7) is 0.0733. The van der Waals surface area contributed by atoms with Crippen molar-refractivity contribution in [2.24, 2.45) is 5.92 Å². The Kier molecular flexibility index (Phi) is 3.87.